The third-order valence-electron chi connectivity index (χ3n) is 6.36. The van der Waals surface area contributed by atoms with E-state index in [4.69, 9.17) is 11.6 Å². The third kappa shape index (κ3) is 5.40. The summed E-state index contributed by atoms with van der Waals surface area (Å²) in [6, 6.07) is 23.9. The van der Waals surface area contributed by atoms with E-state index in [0.29, 0.717) is 47.2 Å². The maximum Gasteiger partial charge on any atom is 0.253 e. The first-order valence-corrected chi connectivity index (χ1v) is 12.8. The van der Waals surface area contributed by atoms with Crippen LogP contribution in [0.5, 0.6) is 0 Å². The highest BCUT2D eigenvalue weighted by atomic mass is 35.5. The predicted octanol–water partition coefficient (Wildman–Crippen LogP) is 5.65. The van der Waals surface area contributed by atoms with Crippen LogP contribution < -0.4 is 10.6 Å². The number of carbonyl (C=O) groups excluding carboxylic acids is 2. The van der Waals surface area contributed by atoms with Crippen molar-refractivity contribution in [1.29, 1.82) is 5.26 Å². The minimum atomic E-state index is -0.340. The van der Waals surface area contributed by atoms with E-state index in [0.717, 1.165) is 16.5 Å². The summed E-state index contributed by atoms with van der Waals surface area (Å²) in [5, 5.41) is 22.2. The predicted molar refractivity (Wildman–Crippen MR) is 152 cm³/mol. The first-order valence-electron chi connectivity index (χ1n) is 12.4. The van der Waals surface area contributed by atoms with Crippen LogP contribution in [0.25, 0.3) is 16.6 Å². The molecule has 0 unspecified atom stereocenters. The number of ketones is 1. The van der Waals surface area contributed by atoms with Crippen LogP contribution in [-0.4, -0.2) is 39.5 Å². The quantitative estimate of drug-likeness (QED) is 0.166. The van der Waals surface area contributed by atoms with Gasteiger partial charge in [-0.25, -0.2) is 4.68 Å². The van der Waals surface area contributed by atoms with Crippen LogP contribution in [0.2, 0.25) is 5.02 Å². The minimum absolute atomic E-state index is 0.0615. The van der Waals surface area contributed by atoms with Crippen LogP contribution in [-0.2, 0) is 0 Å². The fourth-order valence-electron chi connectivity index (χ4n) is 4.31. The number of aromatic nitrogens is 3. The van der Waals surface area contributed by atoms with Crippen LogP contribution in [0, 0.1) is 18.3 Å². The number of fused-ring (bicyclic) bond motifs is 1. The van der Waals surface area contributed by atoms with Gasteiger partial charge in [0.25, 0.3) is 5.91 Å². The van der Waals surface area contributed by atoms with E-state index in [-0.39, 0.29) is 22.9 Å². The van der Waals surface area contributed by atoms with Crippen molar-refractivity contribution in [3.05, 3.63) is 112 Å². The second-order valence-corrected chi connectivity index (χ2v) is 9.49. The molecule has 9 heteroatoms. The highest BCUT2D eigenvalue weighted by Crippen LogP contribution is 2.26. The van der Waals surface area contributed by atoms with Crippen molar-refractivity contribution in [1.82, 2.24) is 20.1 Å². The minimum Gasteiger partial charge on any atom is -0.369 e. The van der Waals surface area contributed by atoms with E-state index in [9.17, 15) is 14.9 Å². The van der Waals surface area contributed by atoms with Gasteiger partial charge in [-0.2, -0.15) is 10.4 Å². The van der Waals surface area contributed by atoms with Crippen molar-refractivity contribution in [2.24, 2.45) is 0 Å². The van der Waals surface area contributed by atoms with Crippen LogP contribution in [0.1, 0.15) is 44.0 Å². The number of H-pyrrole nitrogens is 1. The number of benzene rings is 3. The Morgan fingerprint density at radius 1 is 1.03 bits per heavy atom. The van der Waals surface area contributed by atoms with Crippen molar-refractivity contribution in [2.75, 3.05) is 18.4 Å². The van der Waals surface area contributed by atoms with Crippen LogP contribution >= 0.6 is 11.6 Å². The van der Waals surface area contributed by atoms with Crippen molar-refractivity contribution in [3.63, 3.8) is 0 Å². The van der Waals surface area contributed by atoms with Gasteiger partial charge in [-0.05, 0) is 43.7 Å². The topological polar surface area (TPSA) is 116 Å². The van der Waals surface area contributed by atoms with Gasteiger partial charge in [0, 0.05) is 40.8 Å². The zero-order valence-corrected chi connectivity index (χ0v) is 21.9. The Hall–Kier alpha value is -4.87. The average molecular weight is 537 g/mol. The largest absolute Gasteiger partial charge is 0.369 e. The molecule has 5 rings (SSSR count). The zero-order valence-electron chi connectivity index (χ0n) is 21.2. The number of hydrogen-bond donors (Lipinski definition) is 3. The summed E-state index contributed by atoms with van der Waals surface area (Å²) in [6.07, 6.45) is 2.28. The number of hydrogen-bond acceptors (Lipinski definition) is 5. The molecule has 0 radical (unpaired) electrons. The van der Waals surface area contributed by atoms with Gasteiger partial charge in [-0.15, -0.1) is 0 Å². The number of anilines is 1. The molecule has 194 valence electrons. The maximum atomic E-state index is 13.3. The van der Waals surface area contributed by atoms with Crippen LogP contribution in [0.3, 0.4) is 0 Å². The number of aromatic amines is 1. The first-order chi connectivity index (χ1) is 19.0. The van der Waals surface area contributed by atoms with E-state index in [2.05, 4.69) is 26.8 Å². The molecular formula is C30H25ClN6O2. The number of amides is 1. The molecular weight excluding hydrogens is 512 g/mol. The lowest BCUT2D eigenvalue weighted by molar-refractivity contribution is 0.0954. The van der Waals surface area contributed by atoms with Crippen molar-refractivity contribution < 1.29 is 9.59 Å². The molecule has 0 fully saturated rings. The monoisotopic (exact) mass is 536 g/mol. The first kappa shape index (κ1) is 25.8. The number of nitrogens with one attached hydrogen (secondary N) is 3. The summed E-state index contributed by atoms with van der Waals surface area (Å²) in [5.74, 6) is -0.103. The molecule has 0 bridgehead atoms. The second kappa shape index (κ2) is 11.3. The van der Waals surface area contributed by atoms with Gasteiger partial charge < -0.3 is 15.6 Å². The Morgan fingerprint density at radius 2 is 1.77 bits per heavy atom. The Morgan fingerprint density at radius 3 is 2.51 bits per heavy atom. The lowest BCUT2D eigenvalue weighted by Gasteiger charge is -2.11. The Labute approximate surface area is 230 Å². The molecule has 1 amide bonds. The van der Waals surface area contributed by atoms with Crippen molar-refractivity contribution in [3.8, 4) is 11.8 Å². The lowest BCUT2D eigenvalue weighted by Crippen LogP contribution is -2.25. The molecule has 8 nitrogen and oxygen atoms in total. The summed E-state index contributed by atoms with van der Waals surface area (Å²) in [5.41, 5.74) is 3.83. The molecule has 2 aromatic heterocycles. The van der Waals surface area contributed by atoms with E-state index >= 15 is 0 Å². The Kier molecular flexibility index (Phi) is 7.43. The fourth-order valence-corrected chi connectivity index (χ4v) is 4.43. The summed E-state index contributed by atoms with van der Waals surface area (Å²) in [7, 11) is 0. The number of nitriles is 1. The average Bonchev–Trinajstić information content (AvgIpc) is 3.55. The van der Waals surface area contributed by atoms with Gasteiger partial charge in [0.05, 0.1) is 11.3 Å². The van der Waals surface area contributed by atoms with Gasteiger partial charge in [-0.3, -0.25) is 9.59 Å². The van der Waals surface area contributed by atoms with Gasteiger partial charge >= 0.3 is 0 Å². The van der Waals surface area contributed by atoms with Gasteiger partial charge in [0.15, 0.2) is 5.69 Å². The Balaban J connectivity index is 1.33. The molecule has 5 aromatic rings. The van der Waals surface area contributed by atoms with E-state index in [1.807, 2.05) is 43.3 Å². The summed E-state index contributed by atoms with van der Waals surface area (Å²) in [4.78, 5) is 29.1. The van der Waals surface area contributed by atoms with Gasteiger partial charge in [0.2, 0.25) is 5.78 Å². The third-order valence-corrected chi connectivity index (χ3v) is 6.61. The molecule has 0 saturated heterocycles. The number of halogens is 1. The van der Waals surface area contributed by atoms with Gasteiger partial charge in [0.1, 0.15) is 17.5 Å². The lowest BCUT2D eigenvalue weighted by atomic mass is 10.0. The number of rotatable bonds is 9. The molecule has 39 heavy (non-hydrogen) atoms. The number of carbonyl (C=O) groups is 2. The highest BCUT2D eigenvalue weighted by Gasteiger charge is 2.25. The normalized spacial score (nSPS) is 10.8. The van der Waals surface area contributed by atoms with Crippen LogP contribution in [0.15, 0.2) is 79.0 Å². The van der Waals surface area contributed by atoms with Crippen molar-refractivity contribution in [2.45, 2.75) is 13.3 Å². The fraction of sp³-hybridized carbons (Fsp3) is 0.133. The summed E-state index contributed by atoms with van der Waals surface area (Å²) >= 11 is 6.07. The molecule has 0 aliphatic rings. The molecule has 0 aliphatic heterocycles. The van der Waals surface area contributed by atoms with E-state index in [1.165, 1.54) is 0 Å². The molecule has 2 heterocycles. The zero-order chi connectivity index (χ0) is 27.4. The van der Waals surface area contributed by atoms with Crippen LogP contribution in [0.4, 0.5) is 5.82 Å². The maximum absolute atomic E-state index is 13.3. The van der Waals surface area contributed by atoms with E-state index in [1.54, 1.807) is 47.3 Å². The SMILES string of the molecule is Cc1ccc(C(=O)c2nn(-c3ccc(Cl)cc3)c(NCCCNC(=O)c3c[nH]c4ccccc34)c2C#N)cc1. The Bertz CT molecular complexity index is 1690. The number of aryl methyl sites for hydroxylation is 1. The van der Waals surface area contributed by atoms with Crippen molar-refractivity contribution >= 4 is 40.0 Å². The summed E-state index contributed by atoms with van der Waals surface area (Å²) < 4.78 is 1.54. The highest BCUT2D eigenvalue weighted by molar-refractivity contribution is 6.30. The van der Waals surface area contributed by atoms with Gasteiger partial charge in [-0.1, -0.05) is 59.6 Å². The summed E-state index contributed by atoms with van der Waals surface area (Å²) in [6.45, 7) is 2.78. The second-order valence-electron chi connectivity index (χ2n) is 9.05. The molecule has 3 N–H and O–H groups in total. The van der Waals surface area contributed by atoms with E-state index < -0.39 is 0 Å². The molecule has 3 aromatic carbocycles. The molecule has 0 saturated carbocycles. The molecule has 0 aliphatic carbocycles. The smallest absolute Gasteiger partial charge is 0.253 e. The molecule has 0 atom stereocenters. The number of para-hydroxylation sites is 1. The molecule has 0 spiro atoms. The number of nitrogens with zero attached hydrogens (tertiary/aromatic N) is 3. The standard InChI is InChI=1S/C30H25ClN6O2/c1-19-7-9-20(10-8-19)28(38)27-24(17-32)29(37(36-27)22-13-11-21(31)12-14-22)33-15-4-16-34-30(39)25-18-35-26-6-3-2-5-23(25)26/h2-3,5-14,18,33,35H,4,15-16H2,1H3,(H,34,39).